The molecule has 23 heavy (non-hydrogen) atoms. The molecular formula is C16H14N2O5. The Morgan fingerprint density at radius 1 is 1.13 bits per heavy atom. The molecule has 1 aromatic carbocycles. The Labute approximate surface area is 131 Å². The molecule has 0 fully saturated rings. The first-order chi connectivity index (χ1) is 11.2. The van der Waals surface area contributed by atoms with Crippen LogP contribution in [0.5, 0.6) is 5.75 Å². The quantitative estimate of drug-likeness (QED) is 0.508. The number of benzene rings is 1. The molecule has 0 atom stereocenters. The van der Waals surface area contributed by atoms with Gasteiger partial charge in [0, 0.05) is 6.20 Å². The van der Waals surface area contributed by atoms with Crippen LogP contribution in [0, 0.1) is 0 Å². The molecule has 7 heteroatoms. The summed E-state index contributed by atoms with van der Waals surface area (Å²) in [6.45, 7) is 0.0644. The number of ether oxygens (including phenoxy) is 2. The van der Waals surface area contributed by atoms with Crippen molar-refractivity contribution in [3.8, 4) is 5.75 Å². The number of carbonyl (C=O) groups excluding carboxylic acids is 1. The smallest absolute Gasteiger partial charge is 0.421 e. The molecular weight excluding hydrogens is 300 g/mol. The van der Waals surface area contributed by atoms with Gasteiger partial charge in [-0.2, -0.15) is 0 Å². The van der Waals surface area contributed by atoms with Crippen LogP contribution in [-0.2, 0) is 16.1 Å². The molecule has 0 amide bonds. The summed E-state index contributed by atoms with van der Waals surface area (Å²) in [6, 6.07) is 12.5. The third-order valence-corrected chi connectivity index (χ3v) is 3.07. The van der Waals surface area contributed by atoms with Crippen molar-refractivity contribution in [2.45, 2.75) is 6.54 Å². The van der Waals surface area contributed by atoms with E-state index in [-0.39, 0.29) is 19.8 Å². The summed E-state index contributed by atoms with van der Waals surface area (Å²) < 4.78 is 16.6. The fraction of sp³-hybridized carbons (Fsp3) is 0.188. The number of esters is 1. The highest BCUT2D eigenvalue weighted by Crippen LogP contribution is 2.09. The Morgan fingerprint density at radius 3 is 2.78 bits per heavy atom. The van der Waals surface area contributed by atoms with Crippen LogP contribution in [0.2, 0.25) is 0 Å². The van der Waals surface area contributed by atoms with Crippen LogP contribution in [0.4, 0.5) is 0 Å². The Kier molecular flexibility index (Phi) is 4.37. The van der Waals surface area contributed by atoms with Crippen LogP contribution < -0.4 is 10.5 Å². The van der Waals surface area contributed by atoms with E-state index in [1.54, 1.807) is 12.1 Å². The lowest BCUT2D eigenvalue weighted by Crippen LogP contribution is -2.23. The predicted octanol–water partition coefficient (Wildman–Crippen LogP) is 1.61. The summed E-state index contributed by atoms with van der Waals surface area (Å²) in [4.78, 5) is 27.6. The van der Waals surface area contributed by atoms with Crippen molar-refractivity contribution in [3.05, 3.63) is 59.2 Å². The van der Waals surface area contributed by atoms with E-state index < -0.39 is 11.7 Å². The summed E-state index contributed by atoms with van der Waals surface area (Å²) in [6.07, 6.45) is 1.52. The van der Waals surface area contributed by atoms with Gasteiger partial charge in [0.25, 0.3) is 0 Å². The van der Waals surface area contributed by atoms with Crippen molar-refractivity contribution in [1.29, 1.82) is 0 Å². The number of nitrogens with zero attached hydrogens (tertiary/aromatic N) is 2. The molecule has 0 saturated carbocycles. The van der Waals surface area contributed by atoms with Crippen molar-refractivity contribution in [2.75, 3.05) is 13.2 Å². The normalized spacial score (nSPS) is 10.6. The Hall–Kier alpha value is -3.09. The fourth-order valence-corrected chi connectivity index (χ4v) is 2.05. The van der Waals surface area contributed by atoms with E-state index in [0.717, 1.165) is 4.57 Å². The molecule has 0 aliphatic heterocycles. The number of fused-ring (bicyclic) bond motifs is 1. The van der Waals surface area contributed by atoms with E-state index in [9.17, 15) is 9.59 Å². The van der Waals surface area contributed by atoms with Crippen LogP contribution >= 0.6 is 0 Å². The molecule has 0 radical (unpaired) electrons. The van der Waals surface area contributed by atoms with Gasteiger partial charge in [-0.3, -0.25) is 4.79 Å². The first kappa shape index (κ1) is 14.8. The van der Waals surface area contributed by atoms with E-state index in [4.69, 9.17) is 13.9 Å². The summed E-state index contributed by atoms with van der Waals surface area (Å²) in [5.41, 5.74) is 0.646. The van der Waals surface area contributed by atoms with Crippen molar-refractivity contribution in [2.24, 2.45) is 0 Å². The van der Waals surface area contributed by atoms with Gasteiger partial charge in [0.2, 0.25) is 0 Å². The van der Waals surface area contributed by atoms with Crippen LogP contribution in [0.1, 0.15) is 0 Å². The van der Waals surface area contributed by atoms with Crippen molar-refractivity contribution in [3.63, 3.8) is 0 Å². The van der Waals surface area contributed by atoms with Gasteiger partial charge in [0.1, 0.15) is 25.5 Å². The molecule has 0 aliphatic carbocycles. The lowest BCUT2D eigenvalue weighted by Gasteiger charge is -2.07. The largest absolute Gasteiger partial charge is 0.490 e. The number of hydrogen-bond donors (Lipinski definition) is 0. The first-order valence-corrected chi connectivity index (χ1v) is 7.02. The predicted molar refractivity (Wildman–Crippen MR) is 81.2 cm³/mol. The Balaban J connectivity index is 1.53. The van der Waals surface area contributed by atoms with E-state index in [0.29, 0.717) is 17.0 Å². The molecule has 118 valence electrons. The summed E-state index contributed by atoms with van der Waals surface area (Å²) in [5, 5.41) is 0. The van der Waals surface area contributed by atoms with Crippen molar-refractivity contribution >= 4 is 17.2 Å². The van der Waals surface area contributed by atoms with Crippen LogP contribution in [-0.4, -0.2) is 28.7 Å². The number of hydrogen-bond acceptors (Lipinski definition) is 6. The molecule has 3 rings (SSSR count). The third kappa shape index (κ3) is 3.57. The van der Waals surface area contributed by atoms with Gasteiger partial charge in [-0.05, 0) is 24.3 Å². The summed E-state index contributed by atoms with van der Waals surface area (Å²) in [5.74, 6) is -0.502. The number of para-hydroxylation sites is 1. The number of aromatic nitrogens is 2. The first-order valence-electron chi connectivity index (χ1n) is 7.02. The van der Waals surface area contributed by atoms with Gasteiger partial charge >= 0.3 is 11.7 Å². The maximum Gasteiger partial charge on any atom is 0.421 e. The summed E-state index contributed by atoms with van der Waals surface area (Å²) in [7, 11) is 0. The monoisotopic (exact) mass is 314 g/mol. The van der Waals surface area contributed by atoms with Gasteiger partial charge in [0.05, 0.1) is 0 Å². The van der Waals surface area contributed by atoms with Gasteiger partial charge in [-0.15, -0.1) is 0 Å². The average Bonchev–Trinajstić information content (AvgIpc) is 2.88. The second kappa shape index (κ2) is 6.78. The average molecular weight is 314 g/mol. The second-order valence-corrected chi connectivity index (χ2v) is 4.66. The van der Waals surface area contributed by atoms with E-state index in [1.807, 2.05) is 30.3 Å². The molecule has 0 bridgehead atoms. The molecule has 3 aromatic rings. The topological polar surface area (TPSA) is 83.6 Å². The van der Waals surface area contributed by atoms with Crippen molar-refractivity contribution < 1.29 is 18.7 Å². The highest BCUT2D eigenvalue weighted by molar-refractivity contribution is 5.73. The number of carbonyl (C=O) groups is 1. The Morgan fingerprint density at radius 2 is 1.96 bits per heavy atom. The van der Waals surface area contributed by atoms with Crippen LogP contribution in [0.3, 0.4) is 0 Å². The molecule has 0 spiro atoms. The fourth-order valence-electron chi connectivity index (χ4n) is 2.05. The van der Waals surface area contributed by atoms with Gasteiger partial charge in [0.15, 0.2) is 11.2 Å². The zero-order chi connectivity index (χ0) is 16.1. The SMILES string of the molecule is O=C(Cn1c(=O)oc2cccnc21)OCCOc1ccccc1. The maximum atomic E-state index is 11.8. The molecule has 2 heterocycles. The molecule has 0 N–H and O–H groups in total. The van der Waals surface area contributed by atoms with Gasteiger partial charge in [-0.1, -0.05) is 18.2 Å². The minimum absolute atomic E-state index is 0.0890. The zero-order valence-corrected chi connectivity index (χ0v) is 12.2. The standard InChI is InChI=1S/C16H14N2O5/c19-14(22-10-9-21-12-5-2-1-3-6-12)11-18-15-13(23-16(18)20)7-4-8-17-15/h1-8H,9-11H2. The third-order valence-electron chi connectivity index (χ3n) is 3.07. The van der Waals surface area contributed by atoms with E-state index in [1.165, 1.54) is 6.20 Å². The van der Waals surface area contributed by atoms with E-state index >= 15 is 0 Å². The van der Waals surface area contributed by atoms with Gasteiger partial charge < -0.3 is 13.9 Å². The maximum absolute atomic E-state index is 11.8. The number of pyridine rings is 1. The number of oxazole rings is 1. The molecule has 0 saturated heterocycles. The minimum atomic E-state index is -0.642. The lowest BCUT2D eigenvalue weighted by atomic mass is 10.3. The van der Waals surface area contributed by atoms with Gasteiger partial charge in [-0.25, -0.2) is 14.3 Å². The second-order valence-electron chi connectivity index (χ2n) is 4.66. The van der Waals surface area contributed by atoms with E-state index in [2.05, 4.69) is 4.98 Å². The molecule has 0 unspecified atom stereocenters. The molecule has 2 aromatic heterocycles. The number of rotatable bonds is 6. The van der Waals surface area contributed by atoms with Crippen LogP contribution in [0.25, 0.3) is 11.2 Å². The highest BCUT2D eigenvalue weighted by atomic mass is 16.6. The Bertz CT molecular complexity index is 854. The highest BCUT2D eigenvalue weighted by Gasteiger charge is 2.14. The summed E-state index contributed by atoms with van der Waals surface area (Å²) >= 11 is 0. The zero-order valence-electron chi connectivity index (χ0n) is 12.2. The molecule has 7 nitrogen and oxygen atoms in total. The van der Waals surface area contributed by atoms with Crippen molar-refractivity contribution in [1.82, 2.24) is 9.55 Å². The van der Waals surface area contributed by atoms with Crippen LogP contribution in [0.15, 0.2) is 57.9 Å². The minimum Gasteiger partial charge on any atom is -0.490 e. The molecule has 0 aliphatic rings. The lowest BCUT2D eigenvalue weighted by molar-refractivity contribution is -0.145.